The predicted octanol–water partition coefficient (Wildman–Crippen LogP) is 2.61. The molecule has 136 valence electrons. The number of non-ortho nitro benzene ring substituents is 1. The minimum atomic E-state index is -0.490. The van der Waals surface area contributed by atoms with Crippen molar-refractivity contribution in [2.45, 2.75) is 0 Å². The van der Waals surface area contributed by atoms with Crippen LogP contribution >= 0.6 is 0 Å². The highest BCUT2D eigenvalue weighted by atomic mass is 16.6. The van der Waals surface area contributed by atoms with Crippen molar-refractivity contribution in [1.29, 1.82) is 0 Å². The number of aromatic nitrogens is 2. The summed E-state index contributed by atoms with van der Waals surface area (Å²) in [4.78, 5) is 34.7. The number of nitro groups is 1. The molecule has 0 aliphatic carbocycles. The molecule has 0 atom stereocenters. The van der Waals surface area contributed by atoms with Gasteiger partial charge in [0.05, 0.1) is 29.2 Å². The molecule has 1 aromatic heterocycles. The summed E-state index contributed by atoms with van der Waals surface area (Å²) >= 11 is 0. The van der Waals surface area contributed by atoms with E-state index in [0.717, 1.165) is 0 Å². The topological polar surface area (TPSA) is 98.5 Å². The van der Waals surface area contributed by atoms with E-state index in [4.69, 9.17) is 4.74 Å². The monoisotopic (exact) mass is 364 g/mol. The Morgan fingerprint density at radius 3 is 2.48 bits per heavy atom. The number of ketones is 1. The first-order valence-corrected chi connectivity index (χ1v) is 8.52. The van der Waals surface area contributed by atoms with Gasteiger partial charge in [-0.25, -0.2) is 9.97 Å². The van der Waals surface area contributed by atoms with Crippen molar-refractivity contribution < 1.29 is 14.5 Å². The fraction of sp³-hybridized carbons (Fsp3) is 0.211. The van der Waals surface area contributed by atoms with Crippen LogP contribution < -0.4 is 4.90 Å². The van der Waals surface area contributed by atoms with Gasteiger partial charge in [-0.15, -0.1) is 0 Å². The molecule has 27 heavy (non-hydrogen) atoms. The summed E-state index contributed by atoms with van der Waals surface area (Å²) < 4.78 is 5.39. The Hall–Kier alpha value is -3.39. The Morgan fingerprint density at radius 1 is 1.04 bits per heavy atom. The third kappa shape index (κ3) is 3.34. The summed E-state index contributed by atoms with van der Waals surface area (Å²) in [6.07, 6.45) is 0. The van der Waals surface area contributed by atoms with Crippen molar-refractivity contribution in [3.05, 3.63) is 69.9 Å². The van der Waals surface area contributed by atoms with Crippen LogP contribution in [0.3, 0.4) is 0 Å². The molecule has 1 aliphatic heterocycles. The van der Waals surface area contributed by atoms with Gasteiger partial charge in [0.1, 0.15) is 0 Å². The van der Waals surface area contributed by atoms with E-state index in [0.29, 0.717) is 48.7 Å². The first-order chi connectivity index (χ1) is 13.1. The number of nitrogens with zero attached hydrogens (tertiary/aromatic N) is 4. The molecule has 8 heteroatoms. The molecule has 2 heterocycles. The first kappa shape index (κ1) is 17.0. The summed E-state index contributed by atoms with van der Waals surface area (Å²) in [5.74, 6) is 0.214. The van der Waals surface area contributed by atoms with Crippen LogP contribution in [0.5, 0.6) is 0 Å². The lowest BCUT2D eigenvalue weighted by molar-refractivity contribution is -0.384. The van der Waals surface area contributed by atoms with Gasteiger partial charge in [0, 0.05) is 30.8 Å². The molecule has 2 aromatic carbocycles. The van der Waals surface area contributed by atoms with Crippen LogP contribution in [0.2, 0.25) is 0 Å². The number of hydrogen-bond donors (Lipinski definition) is 0. The zero-order chi connectivity index (χ0) is 18.8. The second-order valence-electron chi connectivity index (χ2n) is 6.12. The molecular formula is C19H16N4O4. The largest absolute Gasteiger partial charge is 0.378 e. The van der Waals surface area contributed by atoms with Crippen LogP contribution in [-0.2, 0) is 4.74 Å². The highest BCUT2D eigenvalue weighted by Gasteiger charge is 2.24. The standard InChI is InChI=1S/C19H16N4O4/c24-18(13-4-2-1-3-5-13)17-19(22-8-10-27-11-9-22)21-15-7-6-14(23(25)26)12-16(15)20-17/h1-7,12H,8-11H2. The number of anilines is 1. The van der Waals surface area contributed by atoms with E-state index in [2.05, 4.69) is 9.97 Å². The van der Waals surface area contributed by atoms with Crippen molar-refractivity contribution in [2.75, 3.05) is 31.2 Å². The number of hydrogen-bond acceptors (Lipinski definition) is 7. The van der Waals surface area contributed by atoms with Gasteiger partial charge in [-0.2, -0.15) is 0 Å². The fourth-order valence-corrected chi connectivity index (χ4v) is 3.02. The predicted molar refractivity (Wildman–Crippen MR) is 99.1 cm³/mol. The molecule has 1 saturated heterocycles. The third-order valence-corrected chi connectivity index (χ3v) is 4.40. The molecule has 0 N–H and O–H groups in total. The Bertz CT molecular complexity index is 1020. The lowest BCUT2D eigenvalue weighted by Crippen LogP contribution is -2.38. The SMILES string of the molecule is O=C(c1ccccc1)c1nc2cc([N+](=O)[O-])ccc2nc1N1CCOCC1. The molecule has 0 spiro atoms. The minimum Gasteiger partial charge on any atom is -0.378 e. The Kier molecular flexibility index (Phi) is 4.47. The Balaban J connectivity index is 1.88. The first-order valence-electron chi connectivity index (χ1n) is 8.52. The molecule has 0 bridgehead atoms. The van der Waals surface area contributed by atoms with Gasteiger partial charge in [-0.05, 0) is 6.07 Å². The molecule has 8 nitrogen and oxygen atoms in total. The molecule has 4 rings (SSSR count). The van der Waals surface area contributed by atoms with Gasteiger partial charge < -0.3 is 9.64 Å². The van der Waals surface area contributed by atoms with Gasteiger partial charge in [0.25, 0.3) is 5.69 Å². The smallest absolute Gasteiger partial charge is 0.271 e. The highest BCUT2D eigenvalue weighted by Crippen LogP contribution is 2.26. The number of carbonyl (C=O) groups is 1. The van der Waals surface area contributed by atoms with Crippen LogP contribution in [-0.4, -0.2) is 47.0 Å². The van der Waals surface area contributed by atoms with Crippen LogP contribution in [0.1, 0.15) is 16.1 Å². The molecule has 0 radical (unpaired) electrons. The Labute approximate surface area is 154 Å². The van der Waals surface area contributed by atoms with Crippen LogP contribution in [0.15, 0.2) is 48.5 Å². The van der Waals surface area contributed by atoms with E-state index in [1.807, 2.05) is 11.0 Å². The van der Waals surface area contributed by atoms with Gasteiger partial charge in [0.15, 0.2) is 11.5 Å². The van der Waals surface area contributed by atoms with Crippen molar-refractivity contribution in [1.82, 2.24) is 9.97 Å². The summed E-state index contributed by atoms with van der Waals surface area (Å²) in [7, 11) is 0. The van der Waals surface area contributed by atoms with E-state index in [-0.39, 0.29) is 17.2 Å². The maximum atomic E-state index is 13.1. The fourth-order valence-electron chi connectivity index (χ4n) is 3.02. The number of rotatable bonds is 4. The van der Waals surface area contributed by atoms with E-state index < -0.39 is 4.92 Å². The van der Waals surface area contributed by atoms with E-state index in [1.54, 1.807) is 30.3 Å². The second kappa shape index (κ2) is 7.08. The van der Waals surface area contributed by atoms with Crippen molar-refractivity contribution in [2.24, 2.45) is 0 Å². The van der Waals surface area contributed by atoms with Crippen LogP contribution in [0, 0.1) is 10.1 Å². The molecule has 0 saturated carbocycles. The quantitative estimate of drug-likeness (QED) is 0.399. The van der Waals surface area contributed by atoms with Gasteiger partial charge in [0.2, 0.25) is 5.78 Å². The van der Waals surface area contributed by atoms with Gasteiger partial charge >= 0.3 is 0 Å². The van der Waals surface area contributed by atoms with Crippen molar-refractivity contribution in [3.63, 3.8) is 0 Å². The third-order valence-electron chi connectivity index (χ3n) is 4.40. The Morgan fingerprint density at radius 2 is 1.78 bits per heavy atom. The maximum Gasteiger partial charge on any atom is 0.271 e. The van der Waals surface area contributed by atoms with Gasteiger partial charge in [-0.3, -0.25) is 14.9 Å². The zero-order valence-electron chi connectivity index (χ0n) is 14.4. The van der Waals surface area contributed by atoms with Crippen molar-refractivity contribution >= 4 is 28.3 Å². The number of nitro benzene ring substituents is 1. The number of morpholine rings is 1. The van der Waals surface area contributed by atoms with Crippen molar-refractivity contribution in [3.8, 4) is 0 Å². The lowest BCUT2D eigenvalue weighted by Gasteiger charge is -2.29. The molecule has 1 fully saturated rings. The van der Waals surface area contributed by atoms with E-state index >= 15 is 0 Å². The number of carbonyl (C=O) groups excluding carboxylic acids is 1. The minimum absolute atomic E-state index is 0.0889. The normalized spacial score (nSPS) is 14.3. The average molecular weight is 364 g/mol. The molecule has 1 aliphatic rings. The summed E-state index contributed by atoms with van der Waals surface area (Å²) in [6.45, 7) is 2.28. The second-order valence-corrected chi connectivity index (χ2v) is 6.12. The summed E-state index contributed by atoms with van der Waals surface area (Å²) in [5.41, 5.74) is 1.42. The van der Waals surface area contributed by atoms with Crippen LogP contribution in [0.4, 0.5) is 11.5 Å². The number of benzene rings is 2. The molecule has 0 unspecified atom stereocenters. The molecule has 3 aromatic rings. The average Bonchev–Trinajstić information content (AvgIpc) is 2.73. The summed E-state index contributed by atoms with van der Waals surface area (Å²) in [6, 6.07) is 13.1. The van der Waals surface area contributed by atoms with Crippen LogP contribution in [0.25, 0.3) is 11.0 Å². The van der Waals surface area contributed by atoms with E-state index in [9.17, 15) is 14.9 Å². The number of fused-ring (bicyclic) bond motifs is 1. The highest BCUT2D eigenvalue weighted by molar-refractivity contribution is 6.11. The lowest BCUT2D eigenvalue weighted by atomic mass is 10.1. The molecular weight excluding hydrogens is 348 g/mol. The maximum absolute atomic E-state index is 13.1. The van der Waals surface area contributed by atoms with Gasteiger partial charge in [-0.1, -0.05) is 30.3 Å². The zero-order valence-corrected chi connectivity index (χ0v) is 14.4. The van der Waals surface area contributed by atoms with E-state index in [1.165, 1.54) is 12.1 Å². The summed E-state index contributed by atoms with van der Waals surface area (Å²) in [5, 5.41) is 11.1. The number of ether oxygens (including phenoxy) is 1. The molecule has 0 amide bonds.